The summed E-state index contributed by atoms with van der Waals surface area (Å²) in [7, 11) is 0. The highest BCUT2D eigenvalue weighted by atomic mass is 14.4. The average Bonchev–Trinajstić information content (AvgIpc) is 2.40. The van der Waals surface area contributed by atoms with E-state index in [0.29, 0.717) is 5.41 Å². The summed E-state index contributed by atoms with van der Waals surface area (Å²) in [5.74, 6) is 2.55. The van der Waals surface area contributed by atoms with Crippen LogP contribution < -0.4 is 0 Å². The second-order valence-electron chi connectivity index (χ2n) is 6.89. The lowest BCUT2D eigenvalue weighted by molar-refractivity contribution is 0.166. The summed E-state index contributed by atoms with van der Waals surface area (Å²) in [4.78, 5) is 0. The lowest BCUT2D eigenvalue weighted by Gasteiger charge is -2.39. The third-order valence-electron chi connectivity index (χ3n) is 4.92. The maximum absolute atomic E-state index is 2.50. The van der Waals surface area contributed by atoms with Crippen LogP contribution >= 0.6 is 0 Å². The van der Waals surface area contributed by atoms with Crippen LogP contribution in [0.4, 0.5) is 0 Å². The first-order chi connectivity index (χ1) is 8.96. The third kappa shape index (κ3) is 6.63. The normalized spacial score (nSPS) is 25.7. The molecule has 0 bridgehead atoms. The van der Waals surface area contributed by atoms with Crippen LogP contribution in [0.5, 0.6) is 0 Å². The zero-order valence-electron chi connectivity index (χ0n) is 14.6. The molecule has 0 saturated heterocycles. The molecular weight excluding hydrogens is 228 g/mol. The van der Waals surface area contributed by atoms with Gasteiger partial charge in [0.05, 0.1) is 0 Å². The molecule has 0 aliphatic heterocycles. The molecule has 0 radical (unpaired) electrons. The summed E-state index contributed by atoms with van der Waals surface area (Å²) in [6.07, 6.45) is 13.2. The van der Waals surface area contributed by atoms with Gasteiger partial charge in [0.15, 0.2) is 0 Å². The Morgan fingerprint density at radius 1 is 1.05 bits per heavy atom. The molecule has 0 aromatic rings. The molecule has 19 heavy (non-hydrogen) atoms. The molecule has 1 rings (SSSR count). The molecule has 1 aliphatic carbocycles. The Balaban J connectivity index is 0.00000154. The Morgan fingerprint density at radius 3 is 2.16 bits per heavy atom. The summed E-state index contributed by atoms with van der Waals surface area (Å²) >= 11 is 0. The van der Waals surface area contributed by atoms with Gasteiger partial charge in [0, 0.05) is 0 Å². The minimum Gasteiger partial charge on any atom is -0.0880 e. The zero-order chi connectivity index (χ0) is 14.9. The summed E-state index contributed by atoms with van der Waals surface area (Å²) in [6.45, 7) is 16.1. The van der Waals surface area contributed by atoms with Crippen molar-refractivity contribution in [3.8, 4) is 0 Å². The third-order valence-corrected chi connectivity index (χ3v) is 4.92. The Morgan fingerprint density at radius 2 is 1.68 bits per heavy atom. The van der Waals surface area contributed by atoms with Crippen molar-refractivity contribution in [2.45, 2.75) is 87.0 Å². The van der Waals surface area contributed by atoms with E-state index in [0.717, 1.165) is 17.8 Å². The van der Waals surface area contributed by atoms with Crippen LogP contribution in [-0.4, -0.2) is 0 Å². The molecule has 1 aliphatic rings. The van der Waals surface area contributed by atoms with Crippen LogP contribution in [0.15, 0.2) is 12.2 Å². The van der Waals surface area contributed by atoms with Gasteiger partial charge in [0.25, 0.3) is 0 Å². The van der Waals surface area contributed by atoms with Gasteiger partial charge in [0.1, 0.15) is 0 Å². The van der Waals surface area contributed by atoms with Crippen molar-refractivity contribution >= 4 is 0 Å². The topological polar surface area (TPSA) is 0 Å². The monoisotopic (exact) mass is 266 g/mol. The molecule has 0 N–H and O–H groups in total. The first kappa shape index (κ1) is 18.7. The molecule has 2 unspecified atom stereocenters. The van der Waals surface area contributed by atoms with Gasteiger partial charge >= 0.3 is 0 Å². The van der Waals surface area contributed by atoms with Crippen LogP contribution in [0.3, 0.4) is 0 Å². The molecule has 0 heterocycles. The number of hydrogen-bond acceptors (Lipinski definition) is 0. The summed E-state index contributed by atoms with van der Waals surface area (Å²) in [5.41, 5.74) is 0.468. The van der Waals surface area contributed by atoms with Gasteiger partial charge in [-0.25, -0.2) is 0 Å². The van der Waals surface area contributed by atoms with E-state index in [1.807, 2.05) is 13.8 Å². The van der Waals surface area contributed by atoms with Crippen molar-refractivity contribution in [1.82, 2.24) is 0 Å². The van der Waals surface area contributed by atoms with E-state index in [4.69, 9.17) is 0 Å². The van der Waals surface area contributed by atoms with E-state index in [1.165, 1.54) is 38.5 Å². The quantitative estimate of drug-likeness (QED) is 0.461. The van der Waals surface area contributed by atoms with E-state index >= 15 is 0 Å². The Labute approximate surface area is 123 Å². The highest BCUT2D eigenvalue weighted by Crippen LogP contribution is 2.42. The van der Waals surface area contributed by atoms with Crippen molar-refractivity contribution in [3.63, 3.8) is 0 Å². The maximum Gasteiger partial charge on any atom is -0.0118 e. The van der Waals surface area contributed by atoms with E-state index in [-0.39, 0.29) is 0 Å². The van der Waals surface area contributed by atoms with Gasteiger partial charge < -0.3 is 0 Å². The van der Waals surface area contributed by atoms with Crippen molar-refractivity contribution in [2.24, 2.45) is 23.2 Å². The number of allylic oxidation sites excluding steroid dienone is 2. The summed E-state index contributed by atoms with van der Waals surface area (Å²) in [5, 5.41) is 0. The lowest BCUT2D eigenvalue weighted by Crippen LogP contribution is -2.29. The molecule has 114 valence electrons. The smallest absolute Gasteiger partial charge is 0.0118 e. The second kappa shape index (κ2) is 9.61. The molecule has 0 saturated carbocycles. The van der Waals surface area contributed by atoms with Crippen LogP contribution in [0, 0.1) is 23.2 Å². The molecular formula is C19H38. The molecule has 0 aromatic carbocycles. The van der Waals surface area contributed by atoms with E-state index in [2.05, 4.69) is 46.8 Å². The fraction of sp³-hybridized carbons (Fsp3) is 0.895. The van der Waals surface area contributed by atoms with Crippen molar-refractivity contribution < 1.29 is 0 Å². The standard InChI is InChI=1S/C17H32.C2H6/c1-14(2)10-9-11-15(3)16(4)17(5)12-7-6-8-13-17;1-2/h7,12,14-16H,6,8-11,13H2,1-5H3;1-2H3/t15-,16?,17?;/m1./s1. The SMILES string of the molecule is CC.CC(C)CCC[C@@H](C)C(C)C1(C)C=CCCC1. The van der Waals surface area contributed by atoms with Crippen molar-refractivity contribution in [2.75, 3.05) is 0 Å². The Bertz CT molecular complexity index is 238. The molecule has 0 heteroatoms. The predicted molar refractivity (Wildman–Crippen MR) is 89.5 cm³/mol. The van der Waals surface area contributed by atoms with Gasteiger partial charge in [-0.2, -0.15) is 0 Å². The molecule has 0 nitrogen and oxygen atoms in total. The summed E-state index contributed by atoms with van der Waals surface area (Å²) in [6, 6.07) is 0. The largest absolute Gasteiger partial charge is 0.0880 e. The Kier molecular flexibility index (Phi) is 9.48. The number of rotatable bonds is 6. The van der Waals surface area contributed by atoms with Crippen LogP contribution in [0.25, 0.3) is 0 Å². The molecule has 0 spiro atoms. The van der Waals surface area contributed by atoms with Crippen LogP contribution in [0.1, 0.15) is 87.0 Å². The van der Waals surface area contributed by atoms with E-state index in [9.17, 15) is 0 Å². The summed E-state index contributed by atoms with van der Waals surface area (Å²) < 4.78 is 0. The van der Waals surface area contributed by atoms with Gasteiger partial charge in [0.2, 0.25) is 0 Å². The highest BCUT2D eigenvalue weighted by molar-refractivity contribution is 5.04. The van der Waals surface area contributed by atoms with Gasteiger partial charge in [-0.3, -0.25) is 0 Å². The fourth-order valence-corrected chi connectivity index (χ4v) is 3.16. The van der Waals surface area contributed by atoms with E-state index in [1.54, 1.807) is 0 Å². The maximum atomic E-state index is 2.50. The number of hydrogen-bond donors (Lipinski definition) is 0. The van der Waals surface area contributed by atoms with Crippen molar-refractivity contribution in [1.29, 1.82) is 0 Å². The van der Waals surface area contributed by atoms with Crippen LogP contribution in [0.2, 0.25) is 0 Å². The first-order valence-corrected chi connectivity index (χ1v) is 8.63. The second-order valence-corrected chi connectivity index (χ2v) is 6.89. The van der Waals surface area contributed by atoms with Gasteiger partial charge in [-0.1, -0.05) is 79.9 Å². The molecule has 0 fully saturated rings. The molecule has 0 aromatic heterocycles. The highest BCUT2D eigenvalue weighted by Gasteiger charge is 2.32. The van der Waals surface area contributed by atoms with Gasteiger partial charge in [-0.05, 0) is 42.4 Å². The van der Waals surface area contributed by atoms with Crippen LogP contribution in [-0.2, 0) is 0 Å². The lowest BCUT2D eigenvalue weighted by atomic mass is 9.66. The minimum absolute atomic E-state index is 0.468. The minimum atomic E-state index is 0.468. The first-order valence-electron chi connectivity index (χ1n) is 8.63. The fourth-order valence-electron chi connectivity index (χ4n) is 3.16. The van der Waals surface area contributed by atoms with Crippen molar-refractivity contribution in [3.05, 3.63) is 12.2 Å². The average molecular weight is 267 g/mol. The van der Waals surface area contributed by atoms with Gasteiger partial charge in [-0.15, -0.1) is 0 Å². The predicted octanol–water partition coefficient (Wildman–Crippen LogP) is 6.86. The Hall–Kier alpha value is -0.260. The molecule has 0 amide bonds. The molecule has 3 atom stereocenters. The van der Waals surface area contributed by atoms with E-state index < -0.39 is 0 Å². The zero-order valence-corrected chi connectivity index (χ0v) is 14.6.